The lowest BCUT2D eigenvalue weighted by atomic mass is 10.2. The highest BCUT2D eigenvalue weighted by Crippen LogP contribution is 2.36. The summed E-state index contributed by atoms with van der Waals surface area (Å²) in [4.78, 5) is 10.7. The van der Waals surface area contributed by atoms with Crippen LogP contribution in [0.3, 0.4) is 0 Å². The molecule has 0 atom stereocenters. The molecule has 0 saturated heterocycles. The topological polar surface area (TPSA) is 46.5 Å². The molecule has 0 aliphatic heterocycles. The second kappa shape index (κ2) is 5.69. The van der Waals surface area contributed by atoms with Crippen molar-refractivity contribution in [3.8, 4) is 11.5 Å². The van der Waals surface area contributed by atoms with Gasteiger partial charge in [0.15, 0.2) is 17.8 Å². The lowest BCUT2D eigenvalue weighted by Gasteiger charge is -2.10. The van der Waals surface area contributed by atoms with Crippen molar-refractivity contribution >= 4 is 22.2 Å². The molecule has 2 aromatic rings. The molecule has 0 heterocycles. The Labute approximate surface area is 113 Å². The minimum absolute atomic E-state index is 0.0597. The second-order valence-corrected chi connectivity index (χ2v) is 4.50. The van der Waals surface area contributed by atoms with Crippen molar-refractivity contribution in [3.63, 3.8) is 0 Å². The van der Waals surface area contributed by atoms with Crippen molar-refractivity contribution in [2.24, 2.45) is 0 Å². The third-order valence-electron chi connectivity index (χ3n) is 2.47. The zero-order chi connectivity index (χ0) is 13.0. The third-order valence-corrected chi connectivity index (χ3v) is 3.31. The number of hydrogen-bond acceptors (Lipinski definition) is 3. The summed E-state index contributed by atoms with van der Waals surface area (Å²) in [6.07, 6.45) is 0.671. The van der Waals surface area contributed by atoms with Gasteiger partial charge in [-0.2, -0.15) is 0 Å². The number of ether oxygens (including phenoxy) is 1. The zero-order valence-electron chi connectivity index (χ0n) is 9.47. The van der Waals surface area contributed by atoms with E-state index in [1.54, 1.807) is 12.1 Å². The second-order valence-electron chi connectivity index (χ2n) is 3.71. The maximum atomic E-state index is 10.7. The number of carbonyl (C=O) groups excluding carboxylic acids is 1. The molecular formula is C14H11BrO3. The molecule has 0 aromatic heterocycles. The van der Waals surface area contributed by atoms with Crippen LogP contribution in [0.25, 0.3) is 0 Å². The molecule has 4 heteroatoms. The number of rotatable bonds is 4. The molecule has 92 valence electrons. The normalized spacial score (nSPS) is 10.1. The van der Waals surface area contributed by atoms with Crippen LogP contribution in [0.5, 0.6) is 11.5 Å². The van der Waals surface area contributed by atoms with E-state index in [1.165, 1.54) is 0 Å². The molecule has 0 amide bonds. The fourth-order valence-corrected chi connectivity index (χ4v) is 1.93. The van der Waals surface area contributed by atoms with Crippen LogP contribution in [0.4, 0.5) is 0 Å². The fourth-order valence-electron chi connectivity index (χ4n) is 1.51. The summed E-state index contributed by atoms with van der Waals surface area (Å²) in [5.74, 6) is 0.284. The molecule has 0 saturated carbocycles. The van der Waals surface area contributed by atoms with E-state index in [2.05, 4.69) is 15.9 Å². The van der Waals surface area contributed by atoms with Crippen molar-refractivity contribution in [3.05, 3.63) is 58.1 Å². The minimum Gasteiger partial charge on any atom is -0.503 e. The molecule has 18 heavy (non-hydrogen) atoms. The van der Waals surface area contributed by atoms with Crippen LogP contribution in [0.2, 0.25) is 0 Å². The van der Waals surface area contributed by atoms with Crippen molar-refractivity contribution in [1.82, 2.24) is 0 Å². The van der Waals surface area contributed by atoms with E-state index in [9.17, 15) is 9.90 Å². The summed E-state index contributed by atoms with van der Waals surface area (Å²) in [5.41, 5.74) is 1.40. The van der Waals surface area contributed by atoms with E-state index in [0.29, 0.717) is 28.7 Å². The summed E-state index contributed by atoms with van der Waals surface area (Å²) in [5, 5.41) is 9.86. The fraction of sp³-hybridized carbons (Fsp3) is 0.0714. The van der Waals surface area contributed by atoms with E-state index in [0.717, 1.165) is 5.56 Å². The van der Waals surface area contributed by atoms with Gasteiger partial charge in [-0.3, -0.25) is 4.79 Å². The standard InChI is InChI=1S/C14H11BrO3/c15-13-11(8-16)6-7-12(14(13)17)18-9-10-4-2-1-3-5-10/h1-8,17H,9H2. The number of aldehydes is 1. The lowest BCUT2D eigenvalue weighted by Crippen LogP contribution is -1.96. The molecule has 0 aliphatic carbocycles. The number of carbonyl (C=O) groups is 1. The van der Waals surface area contributed by atoms with Gasteiger partial charge in [-0.1, -0.05) is 30.3 Å². The van der Waals surface area contributed by atoms with E-state index in [-0.39, 0.29) is 5.75 Å². The van der Waals surface area contributed by atoms with Crippen molar-refractivity contribution in [2.45, 2.75) is 6.61 Å². The van der Waals surface area contributed by atoms with Crippen LogP contribution >= 0.6 is 15.9 Å². The third kappa shape index (κ3) is 2.71. The van der Waals surface area contributed by atoms with Gasteiger partial charge in [0.05, 0.1) is 4.47 Å². The van der Waals surface area contributed by atoms with Gasteiger partial charge in [0.1, 0.15) is 6.61 Å². The Morgan fingerprint density at radius 3 is 2.56 bits per heavy atom. The predicted octanol–water partition coefficient (Wildman–Crippen LogP) is 3.55. The Morgan fingerprint density at radius 2 is 1.89 bits per heavy atom. The highest BCUT2D eigenvalue weighted by Gasteiger charge is 2.10. The molecule has 0 bridgehead atoms. The van der Waals surface area contributed by atoms with Crippen molar-refractivity contribution in [2.75, 3.05) is 0 Å². The first-order valence-corrected chi connectivity index (χ1v) is 6.15. The lowest BCUT2D eigenvalue weighted by molar-refractivity contribution is 0.112. The number of hydrogen-bond donors (Lipinski definition) is 1. The molecule has 3 nitrogen and oxygen atoms in total. The largest absolute Gasteiger partial charge is 0.503 e. The van der Waals surface area contributed by atoms with Crippen LogP contribution in [-0.4, -0.2) is 11.4 Å². The molecule has 2 rings (SSSR count). The summed E-state index contributed by atoms with van der Waals surface area (Å²) in [7, 11) is 0. The monoisotopic (exact) mass is 306 g/mol. The molecule has 0 radical (unpaired) electrons. The van der Waals surface area contributed by atoms with Gasteiger partial charge < -0.3 is 9.84 Å². The molecule has 0 aliphatic rings. The average Bonchev–Trinajstić information content (AvgIpc) is 2.42. The summed E-state index contributed by atoms with van der Waals surface area (Å²) in [6.45, 7) is 0.362. The van der Waals surface area contributed by atoms with Gasteiger partial charge >= 0.3 is 0 Å². The Hall–Kier alpha value is -1.81. The van der Waals surface area contributed by atoms with Crippen LogP contribution < -0.4 is 4.74 Å². The Morgan fingerprint density at radius 1 is 1.17 bits per heavy atom. The Bertz CT molecular complexity index is 552. The van der Waals surface area contributed by atoms with Gasteiger partial charge in [0.2, 0.25) is 0 Å². The first-order chi connectivity index (χ1) is 8.72. The minimum atomic E-state index is -0.0597. The van der Waals surface area contributed by atoms with Gasteiger partial charge in [-0.05, 0) is 33.6 Å². The summed E-state index contributed by atoms with van der Waals surface area (Å²) in [6, 6.07) is 12.8. The van der Waals surface area contributed by atoms with Gasteiger partial charge in [0, 0.05) is 5.56 Å². The SMILES string of the molecule is O=Cc1ccc(OCc2ccccc2)c(O)c1Br. The number of halogens is 1. The highest BCUT2D eigenvalue weighted by molar-refractivity contribution is 9.10. The number of benzene rings is 2. The molecule has 1 N–H and O–H groups in total. The van der Waals surface area contributed by atoms with E-state index >= 15 is 0 Å². The maximum absolute atomic E-state index is 10.7. The van der Waals surface area contributed by atoms with Crippen LogP contribution in [0.15, 0.2) is 46.9 Å². The van der Waals surface area contributed by atoms with E-state index < -0.39 is 0 Å². The summed E-state index contributed by atoms with van der Waals surface area (Å²) < 4.78 is 5.86. The maximum Gasteiger partial charge on any atom is 0.172 e. The number of phenolic OH excluding ortho intramolecular Hbond substituents is 1. The predicted molar refractivity (Wildman–Crippen MR) is 72.0 cm³/mol. The zero-order valence-corrected chi connectivity index (χ0v) is 11.1. The number of aromatic hydroxyl groups is 1. The smallest absolute Gasteiger partial charge is 0.172 e. The van der Waals surface area contributed by atoms with Crippen molar-refractivity contribution in [1.29, 1.82) is 0 Å². The molecule has 0 unspecified atom stereocenters. The average molecular weight is 307 g/mol. The highest BCUT2D eigenvalue weighted by atomic mass is 79.9. The Kier molecular flexibility index (Phi) is 3.99. The molecule has 0 fully saturated rings. The molecule has 2 aromatic carbocycles. The summed E-state index contributed by atoms with van der Waals surface area (Å²) >= 11 is 3.16. The molecule has 0 spiro atoms. The number of phenols is 1. The molecular weight excluding hydrogens is 296 g/mol. The van der Waals surface area contributed by atoms with Gasteiger partial charge in [-0.25, -0.2) is 0 Å². The first kappa shape index (κ1) is 12.6. The van der Waals surface area contributed by atoms with Crippen LogP contribution in [-0.2, 0) is 6.61 Å². The Balaban J connectivity index is 2.15. The van der Waals surface area contributed by atoms with E-state index in [4.69, 9.17) is 4.74 Å². The van der Waals surface area contributed by atoms with Gasteiger partial charge in [-0.15, -0.1) is 0 Å². The quantitative estimate of drug-likeness (QED) is 0.879. The first-order valence-electron chi connectivity index (χ1n) is 5.35. The van der Waals surface area contributed by atoms with Crippen LogP contribution in [0, 0.1) is 0 Å². The van der Waals surface area contributed by atoms with Crippen LogP contribution in [0.1, 0.15) is 15.9 Å². The van der Waals surface area contributed by atoms with E-state index in [1.807, 2.05) is 30.3 Å². The van der Waals surface area contributed by atoms with Gasteiger partial charge in [0.25, 0.3) is 0 Å². The van der Waals surface area contributed by atoms with Crippen molar-refractivity contribution < 1.29 is 14.6 Å².